The van der Waals surface area contributed by atoms with E-state index in [-0.39, 0.29) is 5.56 Å². The van der Waals surface area contributed by atoms with Gasteiger partial charge in [-0.2, -0.15) is 5.10 Å². The molecule has 30 heavy (non-hydrogen) atoms. The molecule has 0 radical (unpaired) electrons. The van der Waals surface area contributed by atoms with Crippen LogP contribution >= 0.6 is 0 Å². The van der Waals surface area contributed by atoms with Crippen molar-refractivity contribution in [1.29, 1.82) is 0 Å². The fourth-order valence-corrected chi connectivity index (χ4v) is 4.81. The van der Waals surface area contributed by atoms with Crippen LogP contribution in [0.4, 0.5) is 0 Å². The minimum Gasteiger partial charge on any atom is -0.310 e. The summed E-state index contributed by atoms with van der Waals surface area (Å²) in [7, 11) is 0. The van der Waals surface area contributed by atoms with Crippen molar-refractivity contribution >= 4 is 0 Å². The molecule has 1 fully saturated rings. The number of aromatic amines is 1. The summed E-state index contributed by atoms with van der Waals surface area (Å²) in [5.41, 5.74) is 5.20. The molecule has 0 spiro atoms. The Bertz CT molecular complexity index is 1080. The summed E-state index contributed by atoms with van der Waals surface area (Å²) in [5.74, 6) is 1.35. The number of aryl methyl sites for hydroxylation is 1. The lowest BCUT2D eigenvalue weighted by Gasteiger charge is -2.28. The number of hydrogen-bond donors (Lipinski definition) is 1. The molecule has 6 heteroatoms. The molecule has 1 saturated carbocycles. The third kappa shape index (κ3) is 3.84. The molecule has 0 amide bonds. The maximum Gasteiger partial charge on any atom is 0.255 e. The second-order valence-corrected chi connectivity index (χ2v) is 8.69. The molecule has 0 unspecified atom stereocenters. The second-order valence-electron chi connectivity index (χ2n) is 8.69. The summed E-state index contributed by atoms with van der Waals surface area (Å²) in [6.45, 7) is 4.42. The van der Waals surface area contributed by atoms with E-state index in [1.807, 2.05) is 22.9 Å². The first kappa shape index (κ1) is 19.2. The van der Waals surface area contributed by atoms with E-state index < -0.39 is 0 Å². The number of para-hydroxylation sites is 1. The lowest BCUT2D eigenvalue weighted by atomic mass is 9.88. The SMILES string of the molecule is Cc1nn(-c2ccccc2)cc1CN1CCc2nc(C3CCCCC3)[nH]c(=O)c2C1. The quantitative estimate of drug-likeness (QED) is 0.718. The summed E-state index contributed by atoms with van der Waals surface area (Å²) in [5, 5.41) is 4.68. The average molecular weight is 404 g/mol. The van der Waals surface area contributed by atoms with Gasteiger partial charge in [-0.25, -0.2) is 9.67 Å². The predicted molar refractivity (Wildman–Crippen MR) is 117 cm³/mol. The van der Waals surface area contributed by atoms with Gasteiger partial charge >= 0.3 is 0 Å². The van der Waals surface area contributed by atoms with Gasteiger partial charge in [0.1, 0.15) is 5.82 Å². The number of fused-ring (bicyclic) bond motifs is 1. The zero-order valence-corrected chi connectivity index (χ0v) is 17.6. The first-order chi connectivity index (χ1) is 14.7. The third-order valence-electron chi connectivity index (χ3n) is 6.57. The minimum atomic E-state index is 0.0574. The molecule has 3 aromatic rings. The van der Waals surface area contributed by atoms with Crippen LogP contribution in [0.5, 0.6) is 0 Å². The topological polar surface area (TPSA) is 66.8 Å². The Hall–Kier alpha value is -2.73. The van der Waals surface area contributed by atoms with Crippen LogP contribution in [0.2, 0.25) is 0 Å². The molecule has 1 N–H and O–H groups in total. The summed E-state index contributed by atoms with van der Waals surface area (Å²) >= 11 is 0. The first-order valence-corrected chi connectivity index (χ1v) is 11.1. The van der Waals surface area contributed by atoms with Gasteiger partial charge in [0.05, 0.1) is 22.6 Å². The molecule has 0 atom stereocenters. The van der Waals surface area contributed by atoms with Gasteiger partial charge < -0.3 is 4.98 Å². The fourth-order valence-electron chi connectivity index (χ4n) is 4.81. The van der Waals surface area contributed by atoms with E-state index in [1.165, 1.54) is 24.8 Å². The molecule has 1 aliphatic heterocycles. The first-order valence-electron chi connectivity index (χ1n) is 11.1. The zero-order chi connectivity index (χ0) is 20.5. The number of aromatic nitrogens is 4. The van der Waals surface area contributed by atoms with E-state index in [9.17, 15) is 4.79 Å². The van der Waals surface area contributed by atoms with Gasteiger partial charge in [-0.3, -0.25) is 9.69 Å². The smallest absolute Gasteiger partial charge is 0.255 e. The highest BCUT2D eigenvalue weighted by molar-refractivity contribution is 5.32. The monoisotopic (exact) mass is 403 g/mol. The lowest BCUT2D eigenvalue weighted by molar-refractivity contribution is 0.240. The van der Waals surface area contributed by atoms with Gasteiger partial charge in [-0.05, 0) is 31.9 Å². The lowest BCUT2D eigenvalue weighted by Crippen LogP contribution is -2.36. The summed E-state index contributed by atoms with van der Waals surface area (Å²) in [6.07, 6.45) is 9.04. The van der Waals surface area contributed by atoms with Crippen LogP contribution in [0.3, 0.4) is 0 Å². The fraction of sp³-hybridized carbons (Fsp3) is 0.458. The van der Waals surface area contributed by atoms with Crippen LogP contribution in [0.25, 0.3) is 5.69 Å². The molecule has 156 valence electrons. The van der Waals surface area contributed by atoms with Crippen LogP contribution in [0.15, 0.2) is 41.3 Å². The molecule has 3 heterocycles. The molecular formula is C24H29N5O. The number of benzene rings is 1. The Morgan fingerprint density at radius 1 is 1.13 bits per heavy atom. The van der Waals surface area contributed by atoms with Crippen molar-refractivity contribution in [2.24, 2.45) is 0 Å². The molecule has 0 bridgehead atoms. The largest absolute Gasteiger partial charge is 0.310 e. The maximum absolute atomic E-state index is 12.8. The highest BCUT2D eigenvalue weighted by Gasteiger charge is 2.25. The van der Waals surface area contributed by atoms with Crippen molar-refractivity contribution in [1.82, 2.24) is 24.6 Å². The summed E-state index contributed by atoms with van der Waals surface area (Å²) in [4.78, 5) is 23.2. The molecule has 6 nitrogen and oxygen atoms in total. The molecule has 2 aromatic heterocycles. The van der Waals surface area contributed by atoms with E-state index >= 15 is 0 Å². The molecule has 1 aliphatic carbocycles. The number of rotatable bonds is 4. The standard InChI is InChI=1S/C24H29N5O/c1-17-19(15-29(27-17)20-10-6-3-7-11-20)14-28-13-12-22-21(16-28)24(30)26-23(25-22)18-8-4-2-5-9-18/h3,6-7,10-11,15,18H,2,4-5,8-9,12-14,16H2,1H3,(H,25,26,30). The minimum absolute atomic E-state index is 0.0574. The molecule has 5 rings (SSSR count). The Kier molecular flexibility index (Phi) is 5.25. The van der Waals surface area contributed by atoms with Gasteiger partial charge in [-0.15, -0.1) is 0 Å². The van der Waals surface area contributed by atoms with Crippen molar-refractivity contribution in [3.63, 3.8) is 0 Å². The van der Waals surface area contributed by atoms with Crippen LogP contribution in [-0.2, 0) is 19.5 Å². The van der Waals surface area contributed by atoms with Crippen LogP contribution < -0.4 is 5.56 Å². The van der Waals surface area contributed by atoms with Crippen molar-refractivity contribution < 1.29 is 0 Å². The van der Waals surface area contributed by atoms with E-state index in [4.69, 9.17) is 4.98 Å². The molecule has 2 aliphatic rings. The second kappa shape index (κ2) is 8.19. The van der Waals surface area contributed by atoms with Crippen molar-refractivity contribution in [2.45, 2.75) is 64.5 Å². The van der Waals surface area contributed by atoms with Crippen LogP contribution in [0.1, 0.15) is 66.4 Å². The molecular weight excluding hydrogens is 374 g/mol. The van der Waals surface area contributed by atoms with E-state index in [0.29, 0.717) is 12.5 Å². The van der Waals surface area contributed by atoms with Gasteiger partial charge in [-0.1, -0.05) is 37.5 Å². The number of hydrogen-bond acceptors (Lipinski definition) is 4. The highest BCUT2D eigenvalue weighted by atomic mass is 16.1. The van der Waals surface area contributed by atoms with Gasteiger partial charge in [0.15, 0.2) is 0 Å². The van der Waals surface area contributed by atoms with Crippen molar-refractivity contribution in [2.75, 3.05) is 6.54 Å². The van der Waals surface area contributed by atoms with Crippen molar-refractivity contribution in [3.05, 3.63) is 75.2 Å². The highest BCUT2D eigenvalue weighted by Crippen LogP contribution is 2.31. The molecule has 0 saturated heterocycles. The average Bonchev–Trinajstić information content (AvgIpc) is 3.15. The van der Waals surface area contributed by atoms with E-state index in [1.54, 1.807) is 0 Å². The summed E-state index contributed by atoms with van der Waals surface area (Å²) in [6, 6.07) is 10.2. The third-order valence-corrected chi connectivity index (χ3v) is 6.57. The Balaban J connectivity index is 1.33. The van der Waals surface area contributed by atoms with E-state index in [0.717, 1.165) is 60.8 Å². The zero-order valence-electron chi connectivity index (χ0n) is 17.6. The maximum atomic E-state index is 12.8. The Morgan fingerprint density at radius 2 is 1.93 bits per heavy atom. The van der Waals surface area contributed by atoms with E-state index in [2.05, 4.69) is 40.2 Å². The van der Waals surface area contributed by atoms with Gasteiger partial charge in [0.25, 0.3) is 5.56 Å². The van der Waals surface area contributed by atoms with Crippen LogP contribution in [-0.4, -0.2) is 31.2 Å². The number of nitrogens with one attached hydrogen (secondary N) is 1. The van der Waals surface area contributed by atoms with Crippen LogP contribution in [0, 0.1) is 6.92 Å². The molecule has 1 aromatic carbocycles. The number of H-pyrrole nitrogens is 1. The summed E-state index contributed by atoms with van der Waals surface area (Å²) < 4.78 is 1.94. The number of nitrogens with zero attached hydrogens (tertiary/aromatic N) is 4. The Labute approximate surface area is 177 Å². The normalized spacial score (nSPS) is 17.8. The Morgan fingerprint density at radius 3 is 2.73 bits per heavy atom. The predicted octanol–water partition coefficient (Wildman–Crippen LogP) is 3.87. The van der Waals surface area contributed by atoms with Gasteiger partial charge in [0.2, 0.25) is 0 Å². The van der Waals surface area contributed by atoms with Gasteiger partial charge in [0, 0.05) is 43.7 Å². The van der Waals surface area contributed by atoms with Crippen molar-refractivity contribution in [3.8, 4) is 5.69 Å².